The zero-order valence-electron chi connectivity index (χ0n) is 15.7. The smallest absolute Gasteiger partial charge is 0.229 e. The molecule has 0 aromatic heterocycles. The number of hydrogen-bond acceptors (Lipinski definition) is 2. The van der Waals surface area contributed by atoms with Gasteiger partial charge in [-0.2, -0.15) is 0 Å². The summed E-state index contributed by atoms with van der Waals surface area (Å²) in [7, 11) is 0. The molecule has 0 aliphatic carbocycles. The first-order valence-electron chi connectivity index (χ1n) is 9.32. The minimum atomic E-state index is -0.322. The molecule has 3 rings (SSSR count). The lowest BCUT2D eigenvalue weighted by Gasteiger charge is -2.18. The molecule has 1 atom stereocenters. The van der Waals surface area contributed by atoms with Crippen LogP contribution in [0.3, 0.4) is 0 Å². The summed E-state index contributed by atoms with van der Waals surface area (Å²) < 4.78 is 0. The Morgan fingerprint density at radius 2 is 1.85 bits per heavy atom. The average Bonchev–Trinajstić information content (AvgIpc) is 3.05. The summed E-state index contributed by atoms with van der Waals surface area (Å²) >= 11 is 0. The number of nitrogens with one attached hydrogen (secondary N) is 1. The van der Waals surface area contributed by atoms with Gasteiger partial charge in [-0.25, -0.2) is 0 Å². The van der Waals surface area contributed by atoms with Gasteiger partial charge >= 0.3 is 0 Å². The van der Waals surface area contributed by atoms with E-state index in [1.807, 2.05) is 49.4 Å². The second kappa shape index (κ2) is 7.73. The van der Waals surface area contributed by atoms with Gasteiger partial charge in [0.05, 0.1) is 5.92 Å². The molecule has 136 valence electrons. The number of carbonyl (C=O) groups is 2. The van der Waals surface area contributed by atoms with Gasteiger partial charge in [-0.1, -0.05) is 44.2 Å². The number of aryl methyl sites for hydroxylation is 3. The molecule has 2 amide bonds. The van der Waals surface area contributed by atoms with Gasteiger partial charge in [0.15, 0.2) is 0 Å². The Morgan fingerprint density at radius 3 is 2.50 bits per heavy atom. The minimum absolute atomic E-state index is 0.00916. The number of carbonyl (C=O) groups excluding carboxylic acids is 2. The zero-order chi connectivity index (χ0) is 18.7. The Balaban J connectivity index is 1.73. The normalized spacial score (nSPS) is 16.8. The molecule has 1 aliphatic rings. The van der Waals surface area contributed by atoms with Gasteiger partial charge in [0.1, 0.15) is 0 Å². The molecule has 2 aromatic rings. The molecule has 0 unspecified atom stereocenters. The van der Waals surface area contributed by atoms with Crippen LogP contribution >= 0.6 is 0 Å². The van der Waals surface area contributed by atoms with E-state index in [0.717, 1.165) is 35.3 Å². The van der Waals surface area contributed by atoms with Crippen molar-refractivity contribution in [3.63, 3.8) is 0 Å². The first-order valence-corrected chi connectivity index (χ1v) is 9.32. The van der Waals surface area contributed by atoms with E-state index >= 15 is 0 Å². The highest BCUT2D eigenvalue weighted by Gasteiger charge is 2.35. The third-order valence-corrected chi connectivity index (χ3v) is 5.14. The van der Waals surface area contributed by atoms with E-state index in [9.17, 15) is 9.59 Å². The first-order chi connectivity index (χ1) is 12.5. The largest absolute Gasteiger partial charge is 0.325 e. The molecule has 0 bridgehead atoms. The van der Waals surface area contributed by atoms with E-state index in [2.05, 4.69) is 19.2 Å². The van der Waals surface area contributed by atoms with E-state index in [0.29, 0.717) is 6.54 Å². The predicted molar refractivity (Wildman–Crippen MR) is 105 cm³/mol. The summed E-state index contributed by atoms with van der Waals surface area (Å²) in [5.74, 6) is -0.386. The number of para-hydroxylation sites is 1. The number of benzene rings is 2. The van der Waals surface area contributed by atoms with Crippen LogP contribution in [-0.2, 0) is 22.4 Å². The Hall–Kier alpha value is -2.62. The number of anilines is 2. The Kier molecular flexibility index (Phi) is 5.40. The van der Waals surface area contributed by atoms with E-state index in [1.165, 1.54) is 5.56 Å². The van der Waals surface area contributed by atoms with Crippen molar-refractivity contribution < 1.29 is 9.59 Å². The summed E-state index contributed by atoms with van der Waals surface area (Å²) in [5, 5.41) is 3.06. The minimum Gasteiger partial charge on any atom is -0.325 e. The van der Waals surface area contributed by atoms with E-state index in [1.54, 1.807) is 4.90 Å². The van der Waals surface area contributed by atoms with Crippen LogP contribution in [-0.4, -0.2) is 18.4 Å². The van der Waals surface area contributed by atoms with Gasteiger partial charge < -0.3 is 10.2 Å². The fourth-order valence-corrected chi connectivity index (χ4v) is 3.47. The lowest BCUT2D eigenvalue weighted by atomic mass is 10.0. The maximum Gasteiger partial charge on any atom is 0.229 e. The number of hydrogen-bond donors (Lipinski definition) is 1. The molecule has 4 heteroatoms. The molecule has 0 radical (unpaired) electrons. The van der Waals surface area contributed by atoms with Crippen LogP contribution in [0.25, 0.3) is 0 Å². The van der Waals surface area contributed by atoms with Crippen molar-refractivity contribution in [2.24, 2.45) is 5.92 Å². The van der Waals surface area contributed by atoms with Gasteiger partial charge in [-0.05, 0) is 48.6 Å². The second-order valence-electron chi connectivity index (χ2n) is 6.88. The zero-order valence-corrected chi connectivity index (χ0v) is 15.7. The summed E-state index contributed by atoms with van der Waals surface area (Å²) in [6, 6.07) is 14.0. The van der Waals surface area contributed by atoms with Crippen LogP contribution in [0.2, 0.25) is 0 Å². The van der Waals surface area contributed by atoms with Gasteiger partial charge in [0, 0.05) is 24.3 Å². The summed E-state index contributed by atoms with van der Waals surface area (Å²) in [6.07, 6.45) is 2.08. The summed E-state index contributed by atoms with van der Waals surface area (Å²) in [6.45, 7) is 6.61. The lowest BCUT2D eigenvalue weighted by Crippen LogP contribution is -2.28. The van der Waals surface area contributed by atoms with Crippen LogP contribution in [0.4, 0.5) is 11.4 Å². The van der Waals surface area contributed by atoms with Crippen molar-refractivity contribution in [3.8, 4) is 0 Å². The SMILES string of the molecule is CCc1ccc(N2C[C@H](C(=O)Nc3c(C)cccc3CC)CC2=O)cc1. The number of rotatable bonds is 5. The third-order valence-electron chi connectivity index (χ3n) is 5.14. The van der Waals surface area contributed by atoms with Crippen molar-refractivity contribution in [1.82, 2.24) is 0 Å². The molecular formula is C22H26N2O2. The van der Waals surface area contributed by atoms with Gasteiger partial charge in [-0.15, -0.1) is 0 Å². The van der Waals surface area contributed by atoms with Crippen molar-refractivity contribution in [2.75, 3.05) is 16.8 Å². The van der Waals surface area contributed by atoms with Crippen LogP contribution in [0.1, 0.15) is 37.0 Å². The molecule has 1 fully saturated rings. The topological polar surface area (TPSA) is 49.4 Å². The maximum absolute atomic E-state index is 12.8. The Morgan fingerprint density at radius 1 is 1.12 bits per heavy atom. The molecule has 0 saturated carbocycles. The first kappa shape index (κ1) is 18.2. The van der Waals surface area contributed by atoms with E-state index in [-0.39, 0.29) is 24.2 Å². The Bertz CT molecular complexity index is 811. The fourth-order valence-electron chi connectivity index (χ4n) is 3.47. The van der Waals surface area contributed by atoms with Gasteiger partial charge in [-0.3, -0.25) is 9.59 Å². The molecular weight excluding hydrogens is 324 g/mol. The van der Waals surface area contributed by atoms with Crippen molar-refractivity contribution in [2.45, 2.75) is 40.0 Å². The van der Waals surface area contributed by atoms with Crippen molar-refractivity contribution >= 4 is 23.2 Å². The fraction of sp³-hybridized carbons (Fsp3) is 0.364. The van der Waals surface area contributed by atoms with Gasteiger partial charge in [0.2, 0.25) is 11.8 Å². The van der Waals surface area contributed by atoms with E-state index < -0.39 is 0 Å². The van der Waals surface area contributed by atoms with Crippen LogP contribution in [0.5, 0.6) is 0 Å². The summed E-state index contributed by atoms with van der Waals surface area (Å²) in [5.41, 5.74) is 5.16. The van der Waals surface area contributed by atoms with Crippen molar-refractivity contribution in [1.29, 1.82) is 0 Å². The lowest BCUT2D eigenvalue weighted by molar-refractivity contribution is -0.122. The second-order valence-corrected chi connectivity index (χ2v) is 6.88. The highest BCUT2D eigenvalue weighted by Crippen LogP contribution is 2.28. The third kappa shape index (κ3) is 3.64. The average molecular weight is 350 g/mol. The molecule has 2 aromatic carbocycles. The standard InChI is InChI=1S/C22H26N2O2/c1-4-16-9-11-19(12-10-16)24-14-18(13-20(24)25)22(26)23-21-15(3)7-6-8-17(21)5-2/h6-12,18H,4-5,13-14H2,1-3H3,(H,23,26)/t18-/m1/s1. The van der Waals surface area contributed by atoms with Crippen LogP contribution < -0.4 is 10.2 Å². The monoisotopic (exact) mass is 350 g/mol. The molecule has 1 saturated heterocycles. The highest BCUT2D eigenvalue weighted by molar-refractivity contribution is 6.04. The molecule has 4 nitrogen and oxygen atoms in total. The summed E-state index contributed by atoms with van der Waals surface area (Å²) in [4.78, 5) is 26.9. The molecule has 1 aliphatic heterocycles. The highest BCUT2D eigenvalue weighted by atomic mass is 16.2. The molecule has 1 N–H and O–H groups in total. The molecule has 0 spiro atoms. The Labute approximate surface area is 155 Å². The van der Waals surface area contributed by atoms with Gasteiger partial charge in [0.25, 0.3) is 0 Å². The molecule has 26 heavy (non-hydrogen) atoms. The number of nitrogens with zero attached hydrogens (tertiary/aromatic N) is 1. The predicted octanol–water partition coefficient (Wildman–Crippen LogP) is 4.11. The van der Waals surface area contributed by atoms with E-state index in [4.69, 9.17) is 0 Å². The van der Waals surface area contributed by atoms with Crippen molar-refractivity contribution in [3.05, 3.63) is 59.2 Å². The number of amides is 2. The quantitative estimate of drug-likeness (QED) is 0.882. The van der Waals surface area contributed by atoms with Crippen LogP contribution in [0.15, 0.2) is 42.5 Å². The maximum atomic E-state index is 12.8. The van der Waals surface area contributed by atoms with Crippen LogP contribution in [0, 0.1) is 12.8 Å². The molecule has 1 heterocycles.